The molecule has 0 aliphatic carbocycles. The third kappa shape index (κ3) is 3.98. The van der Waals surface area contributed by atoms with Crippen LogP contribution in [-0.4, -0.2) is 43.3 Å². The van der Waals surface area contributed by atoms with Gasteiger partial charge in [0.15, 0.2) is 9.84 Å². The van der Waals surface area contributed by atoms with Gasteiger partial charge in [-0.2, -0.15) is 0 Å². The van der Waals surface area contributed by atoms with Crippen molar-refractivity contribution in [3.05, 3.63) is 71.8 Å². The molecular weight excluding hydrogens is 346 g/mol. The molecule has 0 aromatic heterocycles. The number of rotatable bonds is 5. The first-order valence-electron chi connectivity index (χ1n) is 9.13. The molecule has 1 amide bonds. The predicted octanol–water partition coefficient (Wildman–Crippen LogP) is 3.24. The number of piperidine rings is 1. The van der Waals surface area contributed by atoms with E-state index in [1.54, 1.807) is 6.92 Å². The van der Waals surface area contributed by atoms with Gasteiger partial charge in [0.1, 0.15) is 0 Å². The summed E-state index contributed by atoms with van der Waals surface area (Å²) in [5.41, 5.74) is 1.93. The molecule has 0 unspecified atom stereocenters. The van der Waals surface area contributed by atoms with Crippen molar-refractivity contribution in [3.8, 4) is 0 Å². The smallest absolute Gasteiger partial charge is 0.234 e. The maximum Gasteiger partial charge on any atom is 0.234 e. The van der Waals surface area contributed by atoms with Gasteiger partial charge in [0.25, 0.3) is 0 Å². The van der Waals surface area contributed by atoms with Gasteiger partial charge in [0.05, 0.1) is 11.2 Å². The van der Waals surface area contributed by atoms with Crippen LogP contribution in [0.4, 0.5) is 0 Å². The van der Waals surface area contributed by atoms with Crippen LogP contribution >= 0.6 is 0 Å². The molecule has 0 saturated carbocycles. The SMILES string of the molecule is CCS(=O)(=O)C1CCN(C(=O)C(c2ccccc2)c2ccccc2)CC1. The predicted molar refractivity (Wildman–Crippen MR) is 104 cm³/mol. The molecule has 26 heavy (non-hydrogen) atoms. The van der Waals surface area contributed by atoms with Crippen molar-refractivity contribution >= 4 is 15.7 Å². The fourth-order valence-corrected chi connectivity index (χ4v) is 5.02. The van der Waals surface area contributed by atoms with Crippen LogP contribution in [0.3, 0.4) is 0 Å². The minimum atomic E-state index is -3.03. The maximum atomic E-state index is 13.3. The molecule has 5 heteroatoms. The monoisotopic (exact) mass is 371 g/mol. The quantitative estimate of drug-likeness (QED) is 0.811. The van der Waals surface area contributed by atoms with E-state index in [1.807, 2.05) is 65.6 Å². The topological polar surface area (TPSA) is 54.5 Å². The van der Waals surface area contributed by atoms with E-state index in [9.17, 15) is 13.2 Å². The minimum absolute atomic E-state index is 0.0507. The normalized spacial score (nSPS) is 16.0. The minimum Gasteiger partial charge on any atom is -0.342 e. The van der Waals surface area contributed by atoms with Crippen molar-refractivity contribution in [1.82, 2.24) is 4.90 Å². The molecule has 0 N–H and O–H groups in total. The van der Waals surface area contributed by atoms with Crippen LogP contribution in [0.2, 0.25) is 0 Å². The summed E-state index contributed by atoms with van der Waals surface area (Å²) in [5.74, 6) is -0.131. The Labute approximate surface area is 155 Å². The van der Waals surface area contributed by atoms with Crippen LogP contribution in [-0.2, 0) is 14.6 Å². The van der Waals surface area contributed by atoms with Crippen molar-refractivity contribution in [3.63, 3.8) is 0 Å². The van der Waals surface area contributed by atoms with Crippen LogP contribution < -0.4 is 0 Å². The van der Waals surface area contributed by atoms with Crippen LogP contribution in [0.5, 0.6) is 0 Å². The molecule has 0 spiro atoms. The van der Waals surface area contributed by atoms with E-state index in [4.69, 9.17) is 0 Å². The average molecular weight is 372 g/mol. The van der Waals surface area contributed by atoms with Gasteiger partial charge in [-0.1, -0.05) is 67.6 Å². The molecule has 1 saturated heterocycles. The van der Waals surface area contributed by atoms with E-state index >= 15 is 0 Å². The van der Waals surface area contributed by atoms with Crippen molar-refractivity contribution in [2.75, 3.05) is 18.8 Å². The van der Waals surface area contributed by atoms with Crippen LogP contribution in [0.15, 0.2) is 60.7 Å². The summed E-state index contributed by atoms with van der Waals surface area (Å²) in [6.45, 7) is 2.69. The number of carbonyl (C=O) groups is 1. The maximum absolute atomic E-state index is 13.3. The summed E-state index contributed by atoms with van der Waals surface area (Å²) in [6, 6.07) is 19.6. The highest BCUT2D eigenvalue weighted by Crippen LogP contribution is 2.29. The van der Waals surface area contributed by atoms with Gasteiger partial charge >= 0.3 is 0 Å². The van der Waals surface area contributed by atoms with Gasteiger partial charge in [0, 0.05) is 18.8 Å². The number of likely N-dealkylation sites (tertiary alicyclic amines) is 1. The second-order valence-electron chi connectivity index (χ2n) is 6.73. The third-order valence-corrected chi connectivity index (χ3v) is 7.47. The van der Waals surface area contributed by atoms with E-state index < -0.39 is 9.84 Å². The summed E-state index contributed by atoms with van der Waals surface area (Å²) in [7, 11) is -3.03. The number of nitrogens with zero attached hydrogens (tertiary/aromatic N) is 1. The fourth-order valence-electron chi connectivity index (χ4n) is 3.62. The Kier molecular flexibility index (Phi) is 5.77. The highest BCUT2D eigenvalue weighted by molar-refractivity contribution is 7.92. The van der Waals surface area contributed by atoms with Gasteiger partial charge in [-0.05, 0) is 24.0 Å². The molecule has 1 heterocycles. The third-order valence-electron chi connectivity index (χ3n) is 5.18. The summed E-state index contributed by atoms with van der Waals surface area (Å²) in [5, 5.41) is -0.316. The lowest BCUT2D eigenvalue weighted by Gasteiger charge is -2.34. The Morgan fingerprint density at radius 2 is 1.42 bits per heavy atom. The number of hydrogen-bond acceptors (Lipinski definition) is 3. The Bertz CT molecular complexity index is 787. The molecule has 0 atom stereocenters. The van der Waals surface area contributed by atoms with Gasteiger partial charge in [-0.3, -0.25) is 4.79 Å². The number of amides is 1. The fraction of sp³-hybridized carbons (Fsp3) is 0.381. The molecule has 0 radical (unpaired) electrons. The molecule has 138 valence electrons. The lowest BCUT2D eigenvalue weighted by Crippen LogP contribution is -2.44. The Balaban J connectivity index is 1.82. The summed E-state index contributed by atoms with van der Waals surface area (Å²) in [6.07, 6.45) is 1.05. The van der Waals surface area contributed by atoms with Crippen LogP contribution in [0.25, 0.3) is 0 Å². The van der Waals surface area contributed by atoms with Crippen LogP contribution in [0, 0.1) is 0 Å². The zero-order valence-electron chi connectivity index (χ0n) is 15.0. The number of carbonyl (C=O) groups excluding carboxylic acids is 1. The number of hydrogen-bond donors (Lipinski definition) is 0. The van der Waals surface area contributed by atoms with Crippen LogP contribution in [0.1, 0.15) is 36.8 Å². The average Bonchev–Trinajstić information content (AvgIpc) is 2.70. The van der Waals surface area contributed by atoms with Gasteiger partial charge in [0.2, 0.25) is 5.91 Å². The van der Waals surface area contributed by atoms with Gasteiger partial charge < -0.3 is 4.90 Å². The largest absolute Gasteiger partial charge is 0.342 e. The first kappa shape index (κ1) is 18.6. The summed E-state index contributed by atoms with van der Waals surface area (Å²) in [4.78, 5) is 15.1. The summed E-state index contributed by atoms with van der Waals surface area (Å²) < 4.78 is 24.2. The van der Waals surface area contributed by atoms with Gasteiger partial charge in [-0.25, -0.2) is 8.42 Å². The Morgan fingerprint density at radius 1 is 0.962 bits per heavy atom. The first-order chi connectivity index (χ1) is 12.5. The second-order valence-corrected chi connectivity index (χ2v) is 9.30. The van der Waals surface area contributed by atoms with Crippen molar-refractivity contribution in [2.45, 2.75) is 30.9 Å². The zero-order valence-corrected chi connectivity index (χ0v) is 15.9. The second kappa shape index (κ2) is 8.04. The van der Waals surface area contributed by atoms with E-state index in [-0.39, 0.29) is 22.8 Å². The van der Waals surface area contributed by atoms with Crippen molar-refractivity contribution < 1.29 is 13.2 Å². The Hall–Kier alpha value is -2.14. The molecule has 4 nitrogen and oxygen atoms in total. The molecule has 2 aromatic rings. The molecule has 2 aromatic carbocycles. The molecule has 3 rings (SSSR count). The van der Waals surface area contributed by atoms with Crippen molar-refractivity contribution in [1.29, 1.82) is 0 Å². The van der Waals surface area contributed by atoms with E-state index in [1.165, 1.54) is 0 Å². The summed E-state index contributed by atoms with van der Waals surface area (Å²) >= 11 is 0. The first-order valence-corrected chi connectivity index (χ1v) is 10.8. The Morgan fingerprint density at radius 3 is 1.85 bits per heavy atom. The molecule has 1 aliphatic rings. The molecule has 1 fully saturated rings. The lowest BCUT2D eigenvalue weighted by molar-refractivity contribution is -0.132. The van der Waals surface area contributed by atoms with E-state index in [2.05, 4.69) is 0 Å². The van der Waals surface area contributed by atoms with Crippen molar-refractivity contribution in [2.24, 2.45) is 0 Å². The molecule has 0 bridgehead atoms. The standard InChI is InChI=1S/C21H25NO3S/c1-2-26(24,25)19-13-15-22(16-14-19)21(23)20(17-9-5-3-6-10-17)18-11-7-4-8-12-18/h3-12,19-20H,2,13-16H2,1H3. The number of benzene rings is 2. The lowest BCUT2D eigenvalue weighted by atomic mass is 9.89. The number of sulfone groups is 1. The molecule has 1 aliphatic heterocycles. The highest BCUT2D eigenvalue weighted by Gasteiger charge is 2.33. The highest BCUT2D eigenvalue weighted by atomic mass is 32.2. The van der Waals surface area contributed by atoms with Gasteiger partial charge in [-0.15, -0.1) is 0 Å². The van der Waals surface area contributed by atoms with E-state index in [0.29, 0.717) is 25.9 Å². The zero-order chi connectivity index (χ0) is 18.6. The van der Waals surface area contributed by atoms with E-state index in [0.717, 1.165) is 11.1 Å². The molecular formula is C21H25NO3S.